The van der Waals surface area contributed by atoms with Gasteiger partial charge in [0.2, 0.25) is 5.78 Å². The van der Waals surface area contributed by atoms with Crippen LogP contribution in [-0.4, -0.2) is 42.7 Å². The lowest BCUT2D eigenvalue weighted by Gasteiger charge is -2.30. The summed E-state index contributed by atoms with van der Waals surface area (Å²) in [7, 11) is 1.68. The van der Waals surface area contributed by atoms with Crippen LogP contribution in [0.4, 0.5) is 0 Å². The second-order valence-corrected chi connectivity index (χ2v) is 6.41. The Labute approximate surface area is 152 Å². The molecule has 0 unspecified atom stereocenters. The maximum Gasteiger partial charge on any atom is 0.231 e. The maximum atomic E-state index is 12.8. The molecule has 0 amide bonds. The molecule has 0 bridgehead atoms. The number of Topliss-reactive ketones (excluding diaryl/α,β-unsaturated/α-hetero) is 1. The van der Waals surface area contributed by atoms with Gasteiger partial charge < -0.3 is 14.2 Å². The van der Waals surface area contributed by atoms with Gasteiger partial charge in [0.1, 0.15) is 18.2 Å². The van der Waals surface area contributed by atoms with Crippen molar-refractivity contribution in [2.45, 2.75) is 13.5 Å². The number of hydrogen-bond acceptors (Lipinski definition) is 6. The Balaban J connectivity index is 1.65. The largest absolute Gasteiger partial charge is 0.477 e. The molecular weight excluding hydrogens is 332 g/mol. The number of carbonyl (C=O) groups is 1. The van der Waals surface area contributed by atoms with Gasteiger partial charge in [0.05, 0.1) is 12.2 Å². The fourth-order valence-corrected chi connectivity index (χ4v) is 3.27. The fourth-order valence-electron chi connectivity index (χ4n) is 3.27. The normalized spacial score (nSPS) is 17.6. The number of pyridine rings is 1. The van der Waals surface area contributed by atoms with Crippen molar-refractivity contribution in [2.75, 3.05) is 27.0 Å². The number of ether oxygens (including phenoxy) is 3. The van der Waals surface area contributed by atoms with Crippen LogP contribution in [0.5, 0.6) is 11.5 Å². The molecule has 3 heterocycles. The molecule has 2 aliphatic rings. The first-order chi connectivity index (χ1) is 12.7. The molecule has 0 saturated heterocycles. The smallest absolute Gasteiger partial charge is 0.231 e. The summed E-state index contributed by atoms with van der Waals surface area (Å²) in [5.74, 6) is 1.61. The van der Waals surface area contributed by atoms with Gasteiger partial charge in [-0.1, -0.05) is 6.07 Å². The number of fused-ring (bicyclic) bond motifs is 2. The second kappa shape index (κ2) is 6.90. The van der Waals surface area contributed by atoms with Crippen molar-refractivity contribution in [3.8, 4) is 11.5 Å². The number of ketones is 1. The van der Waals surface area contributed by atoms with E-state index in [1.807, 2.05) is 25.1 Å². The SMILES string of the molecule is COCCN1COc2c(cc3c(c2C)O/C(=C\c2cccnc2)C3=O)C1. The second-order valence-electron chi connectivity index (χ2n) is 6.41. The molecule has 0 radical (unpaired) electrons. The van der Waals surface area contributed by atoms with E-state index in [1.165, 1.54) is 0 Å². The van der Waals surface area contributed by atoms with Crippen LogP contribution in [0.2, 0.25) is 0 Å². The van der Waals surface area contributed by atoms with Crippen LogP contribution in [0.3, 0.4) is 0 Å². The molecule has 0 N–H and O–H groups in total. The van der Waals surface area contributed by atoms with Crippen LogP contribution in [0.1, 0.15) is 27.0 Å². The number of aromatic nitrogens is 1. The predicted octanol–water partition coefficient (Wildman–Crippen LogP) is 2.80. The zero-order chi connectivity index (χ0) is 18.1. The van der Waals surface area contributed by atoms with Gasteiger partial charge in [0.25, 0.3) is 0 Å². The van der Waals surface area contributed by atoms with Gasteiger partial charge in [0.15, 0.2) is 5.76 Å². The molecule has 0 atom stereocenters. The number of allylic oxidation sites excluding steroid dienone is 1. The van der Waals surface area contributed by atoms with Gasteiger partial charge in [-0.3, -0.25) is 14.7 Å². The Kier molecular flexibility index (Phi) is 4.44. The Morgan fingerprint density at radius 3 is 3.04 bits per heavy atom. The minimum atomic E-state index is -0.108. The van der Waals surface area contributed by atoms with Gasteiger partial charge in [-0.25, -0.2) is 0 Å². The van der Waals surface area contributed by atoms with Gasteiger partial charge in [0, 0.05) is 43.7 Å². The van der Waals surface area contributed by atoms with Crippen LogP contribution in [0.25, 0.3) is 6.08 Å². The lowest BCUT2D eigenvalue weighted by molar-refractivity contribution is 0.0649. The van der Waals surface area contributed by atoms with E-state index >= 15 is 0 Å². The summed E-state index contributed by atoms with van der Waals surface area (Å²) in [5, 5.41) is 0. The average molecular weight is 352 g/mol. The maximum absolute atomic E-state index is 12.8. The van der Waals surface area contributed by atoms with Crippen molar-refractivity contribution in [1.29, 1.82) is 0 Å². The summed E-state index contributed by atoms with van der Waals surface area (Å²) in [4.78, 5) is 19.0. The van der Waals surface area contributed by atoms with Crippen LogP contribution in [-0.2, 0) is 11.3 Å². The third kappa shape index (κ3) is 2.98. The van der Waals surface area contributed by atoms with Crippen molar-refractivity contribution in [3.05, 3.63) is 58.6 Å². The molecule has 26 heavy (non-hydrogen) atoms. The molecule has 4 rings (SSSR count). The van der Waals surface area contributed by atoms with E-state index in [0.29, 0.717) is 30.4 Å². The summed E-state index contributed by atoms with van der Waals surface area (Å²) < 4.78 is 16.9. The summed E-state index contributed by atoms with van der Waals surface area (Å²) in [5.41, 5.74) is 3.29. The van der Waals surface area contributed by atoms with E-state index in [9.17, 15) is 4.79 Å². The lowest BCUT2D eigenvalue weighted by Crippen LogP contribution is -2.34. The quantitative estimate of drug-likeness (QED) is 0.789. The topological polar surface area (TPSA) is 60.9 Å². The van der Waals surface area contributed by atoms with Crippen LogP contribution < -0.4 is 9.47 Å². The number of rotatable bonds is 4. The summed E-state index contributed by atoms with van der Waals surface area (Å²) in [6.07, 6.45) is 5.11. The van der Waals surface area contributed by atoms with E-state index < -0.39 is 0 Å². The molecule has 2 aliphatic heterocycles. The molecular formula is C20H20N2O4. The van der Waals surface area contributed by atoms with E-state index in [0.717, 1.165) is 35.5 Å². The molecule has 6 heteroatoms. The average Bonchev–Trinajstić information content (AvgIpc) is 2.97. The van der Waals surface area contributed by atoms with Gasteiger partial charge in [-0.15, -0.1) is 0 Å². The van der Waals surface area contributed by atoms with E-state index in [-0.39, 0.29) is 5.78 Å². The van der Waals surface area contributed by atoms with E-state index in [2.05, 4.69) is 9.88 Å². The van der Waals surface area contributed by atoms with Crippen molar-refractivity contribution >= 4 is 11.9 Å². The van der Waals surface area contributed by atoms with Crippen molar-refractivity contribution in [2.24, 2.45) is 0 Å². The summed E-state index contributed by atoms with van der Waals surface area (Å²) in [6, 6.07) is 5.60. The predicted molar refractivity (Wildman–Crippen MR) is 96.1 cm³/mol. The molecule has 2 aromatic rings. The van der Waals surface area contributed by atoms with Gasteiger partial charge >= 0.3 is 0 Å². The highest BCUT2D eigenvalue weighted by atomic mass is 16.5. The van der Waals surface area contributed by atoms with E-state index in [4.69, 9.17) is 14.2 Å². The first-order valence-electron chi connectivity index (χ1n) is 8.52. The minimum Gasteiger partial charge on any atom is -0.477 e. The van der Waals surface area contributed by atoms with Crippen molar-refractivity contribution in [1.82, 2.24) is 9.88 Å². The van der Waals surface area contributed by atoms with Gasteiger partial charge in [-0.05, 0) is 30.7 Å². The zero-order valence-electron chi connectivity index (χ0n) is 14.8. The Morgan fingerprint density at radius 1 is 1.38 bits per heavy atom. The van der Waals surface area contributed by atoms with E-state index in [1.54, 1.807) is 25.6 Å². The molecule has 0 aliphatic carbocycles. The molecule has 0 spiro atoms. The highest BCUT2D eigenvalue weighted by Crippen LogP contribution is 2.43. The Morgan fingerprint density at radius 2 is 2.27 bits per heavy atom. The molecule has 1 aromatic carbocycles. The van der Waals surface area contributed by atoms with Crippen LogP contribution >= 0.6 is 0 Å². The third-order valence-electron chi connectivity index (χ3n) is 4.60. The van der Waals surface area contributed by atoms with Crippen LogP contribution in [0, 0.1) is 6.92 Å². The number of benzene rings is 1. The molecule has 134 valence electrons. The molecule has 0 fully saturated rings. The minimum absolute atomic E-state index is 0.108. The summed E-state index contributed by atoms with van der Waals surface area (Å²) in [6.45, 7) is 4.58. The molecule has 0 saturated carbocycles. The number of carbonyl (C=O) groups excluding carboxylic acids is 1. The molecule has 1 aromatic heterocycles. The monoisotopic (exact) mass is 352 g/mol. The fraction of sp³-hybridized carbons (Fsp3) is 0.300. The number of hydrogen-bond donors (Lipinski definition) is 0. The highest BCUT2D eigenvalue weighted by molar-refractivity contribution is 6.15. The lowest BCUT2D eigenvalue weighted by atomic mass is 10.00. The standard InChI is InChI=1S/C20H20N2O4/c1-13-19-15(11-22(12-25-19)6-7-24-2)9-16-18(23)17(26-20(13)16)8-14-4-3-5-21-10-14/h3-5,8-10H,6-7,11-12H2,1-2H3/b17-8-. The van der Waals surface area contributed by atoms with Crippen molar-refractivity contribution in [3.63, 3.8) is 0 Å². The first-order valence-corrected chi connectivity index (χ1v) is 8.52. The number of nitrogens with zero attached hydrogens (tertiary/aromatic N) is 2. The molecule has 6 nitrogen and oxygen atoms in total. The number of methoxy groups -OCH3 is 1. The summed E-state index contributed by atoms with van der Waals surface area (Å²) >= 11 is 0. The Bertz CT molecular complexity index is 877. The Hall–Kier alpha value is -2.70. The zero-order valence-corrected chi connectivity index (χ0v) is 14.8. The highest BCUT2D eigenvalue weighted by Gasteiger charge is 2.33. The third-order valence-corrected chi connectivity index (χ3v) is 4.60. The van der Waals surface area contributed by atoms with Crippen LogP contribution in [0.15, 0.2) is 36.4 Å². The van der Waals surface area contributed by atoms with Gasteiger partial charge in [-0.2, -0.15) is 0 Å². The van der Waals surface area contributed by atoms with Crippen molar-refractivity contribution < 1.29 is 19.0 Å². The first kappa shape index (κ1) is 16.8.